The molecule has 0 fully saturated rings. The van der Waals surface area contributed by atoms with Crippen LogP contribution in [0.1, 0.15) is 110 Å². The molecular formula is C20H40O3. The van der Waals surface area contributed by atoms with Crippen molar-refractivity contribution in [1.29, 1.82) is 0 Å². The molecule has 0 amide bonds. The van der Waals surface area contributed by atoms with Crippen molar-refractivity contribution in [2.45, 2.75) is 116 Å². The molecule has 0 aromatic carbocycles. The first-order valence-corrected chi connectivity index (χ1v) is 9.91. The van der Waals surface area contributed by atoms with Gasteiger partial charge in [-0.2, -0.15) is 0 Å². The van der Waals surface area contributed by atoms with E-state index in [9.17, 15) is 4.79 Å². The molecule has 0 aromatic heterocycles. The largest absolute Gasteiger partial charge is 0.469 e. The number of carbonyl (C=O) groups excluding carboxylic acids is 1. The van der Waals surface area contributed by atoms with E-state index in [2.05, 4.69) is 4.74 Å². The maximum absolute atomic E-state index is 10.9. The number of unbranched alkanes of at least 4 members (excludes halogenated alkanes) is 13. The van der Waals surface area contributed by atoms with Crippen LogP contribution in [0.4, 0.5) is 0 Å². The normalized spacial score (nSPS) is 12.3. The smallest absolute Gasteiger partial charge is 0.305 e. The van der Waals surface area contributed by atoms with Crippen LogP contribution in [-0.4, -0.2) is 24.3 Å². The number of carbonyl (C=O) groups is 1. The molecule has 0 radical (unpaired) electrons. The second-order valence-corrected chi connectivity index (χ2v) is 6.91. The van der Waals surface area contributed by atoms with Crippen molar-refractivity contribution < 1.29 is 14.6 Å². The Balaban J connectivity index is 3.01. The lowest BCUT2D eigenvalue weighted by Gasteiger charge is -2.04. The van der Waals surface area contributed by atoms with E-state index in [0.29, 0.717) is 6.42 Å². The molecule has 1 atom stereocenters. The molecule has 0 saturated heterocycles. The molecule has 1 unspecified atom stereocenters. The van der Waals surface area contributed by atoms with Gasteiger partial charge in [0.1, 0.15) is 0 Å². The Labute approximate surface area is 144 Å². The van der Waals surface area contributed by atoms with E-state index in [1.807, 2.05) is 6.92 Å². The highest BCUT2D eigenvalue weighted by molar-refractivity contribution is 5.68. The fourth-order valence-electron chi connectivity index (χ4n) is 2.93. The first kappa shape index (κ1) is 22.4. The summed E-state index contributed by atoms with van der Waals surface area (Å²) in [4.78, 5) is 10.9. The molecule has 1 N–H and O–H groups in total. The van der Waals surface area contributed by atoms with E-state index in [1.54, 1.807) is 0 Å². The minimum absolute atomic E-state index is 0.0760. The van der Waals surface area contributed by atoms with Crippen LogP contribution in [0.5, 0.6) is 0 Å². The lowest BCUT2D eigenvalue weighted by molar-refractivity contribution is -0.140. The Morgan fingerprint density at radius 3 is 1.43 bits per heavy atom. The van der Waals surface area contributed by atoms with Crippen LogP contribution in [0.15, 0.2) is 0 Å². The van der Waals surface area contributed by atoms with Crippen LogP contribution < -0.4 is 0 Å². The van der Waals surface area contributed by atoms with E-state index >= 15 is 0 Å². The molecular weight excluding hydrogens is 288 g/mol. The molecule has 138 valence electrons. The average Bonchev–Trinajstić information content (AvgIpc) is 2.53. The third kappa shape index (κ3) is 19.4. The van der Waals surface area contributed by atoms with Crippen molar-refractivity contribution in [2.75, 3.05) is 7.11 Å². The number of methoxy groups -OCH3 is 1. The molecule has 0 aliphatic heterocycles. The van der Waals surface area contributed by atoms with Crippen LogP contribution in [0.2, 0.25) is 0 Å². The van der Waals surface area contributed by atoms with E-state index in [-0.39, 0.29) is 12.1 Å². The molecule has 3 nitrogen and oxygen atoms in total. The first-order valence-electron chi connectivity index (χ1n) is 9.91. The molecule has 0 aromatic rings. The summed E-state index contributed by atoms with van der Waals surface area (Å²) in [5.74, 6) is -0.0760. The van der Waals surface area contributed by atoms with Gasteiger partial charge in [-0.3, -0.25) is 4.79 Å². The van der Waals surface area contributed by atoms with Crippen LogP contribution >= 0.6 is 0 Å². The van der Waals surface area contributed by atoms with Crippen molar-refractivity contribution in [2.24, 2.45) is 0 Å². The molecule has 0 bridgehead atoms. The SMILES string of the molecule is COC(=O)CCCCCCCCCCCCCCCCC(C)O. The minimum atomic E-state index is -0.122. The van der Waals surface area contributed by atoms with E-state index in [4.69, 9.17) is 5.11 Å². The molecule has 23 heavy (non-hydrogen) atoms. The molecule has 3 heteroatoms. The Morgan fingerprint density at radius 1 is 0.739 bits per heavy atom. The van der Waals surface area contributed by atoms with Crippen molar-refractivity contribution in [3.63, 3.8) is 0 Å². The van der Waals surface area contributed by atoms with Gasteiger partial charge in [0, 0.05) is 6.42 Å². The van der Waals surface area contributed by atoms with Gasteiger partial charge in [0.25, 0.3) is 0 Å². The lowest BCUT2D eigenvalue weighted by Crippen LogP contribution is -1.99. The van der Waals surface area contributed by atoms with E-state index in [0.717, 1.165) is 19.3 Å². The number of esters is 1. The summed E-state index contributed by atoms with van der Waals surface area (Å²) in [6.07, 6.45) is 19.5. The Bertz CT molecular complexity index is 251. The summed E-state index contributed by atoms with van der Waals surface area (Å²) in [7, 11) is 1.46. The van der Waals surface area contributed by atoms with Crippen LogP contribution in [0.25, 0.3) is 0 Å². The number of hydrogen-bond acceptors (Lipinski definition) is 3. The predicted molar refractivity (Wildman–Crippen MR) is 97.6 cm³/mol. The van der Waals surface area contributed by atoms with Crippen LogP contribution in [-0.2, 0) is 9.53 Å². The van der Waals surface area contributed by atoms with Gasteiger partial charge in [-0.15, -0.1) is 0 Å². The summed E-state index contributed by atoms with van der Waals surface area (Å²) in [6.45, 7) is 1.88. The zero-order valence-electron chi connectivity index (χ0n) is 15.7. The fourth-order valence-corrected chi connectivity index (χ4v) is 2.93. The van der Waals surface area contributed by atoms with Crippen molar-refractivity contribution >= 4 is 5.97 Å². The first-order chi connectivity index (χ1) is 11.2. The highest BCUT2D eigenvalue weighted by Gasteiger charge is 1.99. The maximum Gasteiger partial charge on any atom is 0.305 e. The lowest BCUT2D eigenvalue weighted by atomic mass is 10.0. The summed E-state index contributed by atoms with van der Waals surface area (Å²) in [5, 5.41) is 9.17. The van der Waals surface area contributed by atoms with Gasteiger partial charge in [-0.05, 0) is 19.8 Å². The van der Waals surface area contributed by atoms with Crippen molar-refractivity contribution in [3.8, 4) is 0 Å². The van der Waals surface area contributed by atoms with Gasteiger partial charge < -0.3 is 9.84 Å². The number of aliphatic hydroxyl groups excluding tert-OH is 1. The average molecular weight is 329 g/mol. The standard InChI is InChI=1S/C20H40O3/c1-19(21)17-15-13-11-9-7-5-3-4-6-8-10-12-14-16-18-20(22)23-2/h19,21H,3-18H2,1-2H3. The quantitative estimate of drug-likeness (QED) is 0.272. The summed E-state index contributed by atoms with van der Waals surface area (Å²) >= 11 is 0. The second-order valence-electron chi connectivity index (χ2n) is 6.91. The second kappa shape index (κ2) is 17.8. The highest BCUT2D eigenvalue weighted by atomic mass is 16.5. The monoisotopic (exact) mass is 328 g/mol. The number of hydrogen-bond donors (Lipinski definition) is 1. The fraction of sp³-hybridized carbons (Fsp3) is 0.950. The van der Waals surface area contributed by atoms with Gasteiger partial charge in [0.2, 0.25) is 0 Å². The van der Waals surface area contributed by atoms with Gasteiger partial charge in [-0.1, -0.05) is 83.5 Å². The topological polar surface area (TPSA) is 46.5 Å². The Kier molecular flexibility index (Phi) is 17.3. The Morgan fingerprint density at radius 2 is 1.09 bits per heavy atom. The molecule has 0 spiro atoms. The predicted octanol–water partition coefficient (Wildman–Crippen LogP) is 5.78. The number of aliphatic hydroxyl groups is 1. The van der Waals surface area contributed by atoms with E-state index < -0.39 is 0 Å². The van der Waals surface area contributed by atoms with E-state index in [1.165, 1.54) is 84.2 Å². The van der Waals surface area contributed by atoms with Crippen molar-refractivity contribution in [3.05, 3.63) is 0 Å². The third-order valence-electron chi connectivity index (χ3n) is 4.48. The molecule has 0 aliphatic rings. The molecule has 0 saturated carbocycles. The molecule has 0 aliphatic carbocycles. The molecule has 0 rings (SSSR count). The Hall–Kier alpha value is -0.570. The summed E-state index contributed by atoms with van der Waals surface area (Å²) < 4.78 is 4.63. The van der Waals surface area contributed by atoms with Gasteiger partial charge in [-0.25, -0.2) is 0 Å². The zero-order valence-corrected chi connectivity index (χ0v) is 15.7. The van der Waals surface area contributed by atoms with Gasteiger partial charge in [0.05, 0.1) is 13.2 Å². The van der Waals surface area contributed by atoms with Gasteiger partial charge in [0.15, 0.2) is 0 Å². The van der Waals surface area contributed by atoms with Crippen molar-refractivity contribution in [1.82, 2.24) is 0 Å². The molecule has 0 heterocycles. The third-order valence-corrected chi connectivity index (χ3v) is 4.48. The number of ether oxygens (including phenoxy) is 1. The number of rotatable bonds is 17. The van der Waals surface area contributed by atoms with Crippen LogP contribution in [0.3, 0.4) is 0 Å². The van der Waals surface area contributed by atoms with Crippen LogP contribution in [0, 0.1) is 0 Å². The minimum Gasteiger partial charge on any atom is -0.469 e. The summed E-state index contributed by atoms with van der Waals surface area (Å²) in [6, 6.07) is 0. The highest BCUT2D eigenvalue weighted by Crippen LogP contribution is 2.14. The zero-order chi connectivity index (χ0) is 17.2. The summed E-state index contributed by atoms with van der Waals surface area (Å²) in [5.41, 5.74) is 0. The van der Waals surface area contributed by atoms with Gasteiger partial charge >= 0.3 is 5.97 Å². The maximum atomic E-state index is 10.9.